The number of nitro benzene ring substituents is 1. The molecule has 0 spiro atoms. The van der Waals surface area contributed by atoms with Gasteiger partial charge in [-0.3, -0.25) is 35.3 Å². The second-order valence-corrected chi connectivity index (χ2v) is 6.30. The number of nitrogens with zero attached hydrogens (tertiary/aromatic N) is 1. The van der Waals surface area contributed by atoms with Crippen LogP contribution in [-0.4, -0.2) is 28.7 Å². The lowest BCUT2D eigenvalue weighted by Crippen LogP contribution is -2.47. The third-order valence-corrected chi connectivity index (χ3v) is 3.94. The first-order chi connectivity index (χ1) is 14.3. The number of amides is 3. The molecule has 0 aliphatic rings. The molecule has 30 heavy (non-hydrogen) atoms. The van der Waals surface area contributed by atoms with E-state index >= 15 is 0 Å². The van der Waals surface area contributed by atoms with Crippen LogP contribution in [0.15, 0.2) is 48.5 Å². The average molecular weight is 414 g/mol. The van der Waals surface area contributed by atoms with Crippen molar-refractivity contribution >= 4 is 29.1 Å². The van der Waals surface area contributed by atoms with Crippen LogP contribution in [0.5, 0.6) is 5.75 Å². The Bertz CT molecular complexity index is 929. The van der Waals surface area contributed by atoms with Crippen molar-refractivity contribution in [2.45, 2.75) is 32.8 Å². The van der Waals surface area contributed by atoms with Gasteiger partial charge in [-0.1, -0.05) is 19.1 Å². The molecular formula is C20H22N4O6. The third kappa shape index (κ3) is 6.30. The standard InChI is InChI=1S/C20H22N4O6/c1-3-6-18(25)21-15-11-9-14(10-12-15)20(27)23-22-19(26)13(2)30-17-8-5-4-7-16(17)24(28)29/h4-5,7-13H,3,6H2,1-2H3,(H,21,25)(H,22,26)(H,23,27). The zero-order valence-electron chi connectivity index (χ0n) is 16.5. The molecule has 1 unspecified atom stereocenters. The van der Waals surface area contributed by atoms with Gasteiger partial charge in [-0.25, -0.2) is 0 Å². The molecule has 2 rings (SSSR count). The molecule has 0 aliphatic heterocycles. The van der Waals surface area contributed by atoms with Gasteiger partial charge in [-0.2, -0.15) is 0 Å². The number of carbonyl (C=O) groups is 3. The molecule has 0 saturated heterocycles. The summed E-state index contributed by atoms with van der Waals surface area (Å²) in [5.41, 5.74) is 5.00. The Kier molecular flexibility index (Phi) is 7.86. The molecule has 0 radical (unpaired) electrons. The number of para-hydroxylation sites is 2. The Morgan fingerprint density at radius 1 is 1.07 bits per heavy atom. The van der Waals surface area contributed by atoms with Gasteiger partial charge in [0.2, 0.25) is 5.91 Å². The second kappa shape index (κ2) is 10.6. The summed E-state index contributed by atoms with van der Waals surface area (Å²) in [5, 5.41) is 13.7. The summed E-state index contributed by atoms with van der Waals surface area (Å²) in [7, 11) is 0. The van der Waals surface area contributed by atoms with Gasteiger partial charge in [0.15, 0.2) is 11.9 Å². The Balaban J connectivity index is 1.89. The molecule has 1 atom stereocenters. The van der Waals surface area contributed by atoms with E-state index in [0.29, 0.717) is 12.1 Å². The Morgan fingerprint density at radius 3 is 2.37 bits per heavy atom. The number of nitro groups is 1. The summed E-state index contributed by atoms with van der Waals surface area (Å²) >= 11 is 0. The van der Waals surface area contributed by atoms with Gasteiger partial charge in [0, 0.05) is 23.7 Å². The minimum Gasteiger partial charge on any atom is -0.474 e. The maximum Gasteiger partial charge on any atom is 0.310 e. The first-order valence-corrected chi connectivity index (χ1v) is 9.22. The molecule has 0 aromatic heterocycles. The second-order valence-electron chi connectivity index (χ2n) is 6.30. The van der Waals surface area contributed by atoms with Gasteiger partial charge in [0.05, 0.1) is 4.92 Å². The van der Waals surface area contributed by atoms with Crippen LogP contribution >= 0.6 is 0 Å². The van der Waals surface area contributed by atoms with Gasteiger partial charge < -0.3 is 10.1 Å². The molecule has 3 amide bonds. The molecule has 3 N–H and O–H groups in total. The summed E-state index contributed by atoms with van der Waals surface area (Å²) < 4.78 is 5.33. The lowest BCUT2D eigenvalue weighted by Gasteiger charge is -2.15. The lowest BCUT2D eigenvalue weighted by molar-refractivity contribution is -0.386. The fourth-order valence-corrected chi connectivity index (χ4v) is 2.40. The highest BCUT2D eigenvalue weighted by atomic mass is 16.6. The van der Waals surface area contributed by atoms with Gasteiger partial charge in [0.1, 0.15) is 0 Å². The zero-order valence-corrected chi connectivity index (χ0v) is 16.5. The zero-order chi connectivity index (χ0) is 22.1. The Hall–Kier alpha value is -3.95. The van der Waals surface area contributed by atoms with Crippen molar-refractivity contribution in [2.24, 2.45) is 0 Å². The summed E-state index contributed by atoms with van der Waals surface area (Å²) in [5.74, 6) is -1.44. The van der Waals surface area contributed by atoms with Crippen LogP contribution in [0.4, 0.5) is 11.4 Å². The van der Waals surface area contributed by atoms with E-state index in [2.05, 4.69) is 16.2 Å². The Morgan fingerprint density at radius 2 is 1.73 bits per heavy atom. The number of rotatable bonds is 8. The number of hydrazine groups is 1. The number of hydrogen-bond acceptors (Lipinski definition) is 6. The highest BCUT2D eigenvalue weighted by molar-refractivity contribution is 5.97. The molecular weight excluding hydrogens is 392 g/mol. The van der Waals surface area contributed by atoms with Crippen LogP contribution in [0, 0.1) is 10.1 Å². The van der Waals surface area contributed by atoms with E-state index < -0.39 is 22.8 Å². The monoisotopic (exact) mass is 414 g/mol. The normalized spacial score (nSPS) is 11.1. The molecule has 0 saturated carbocycles. The van der Waals surface area contributed by atoms with E-state index in [9.17, 15) is 24.5 Å². The van der Waals surface area contributed by atoms with E-state index in [1.807, 2.05) is 6.92 Å². The molecule has 10 heteroatoms. The summed E-state index contributed by atoms with van der Waals surface area (Å²) in [6, 6.07) is 11.8. The summed E-state index contributed by atoms with van der Waals surface area (Å²) in [6.07, 6.45) is 0.0365. The lowest BCUT2D eigenvalue weighted by atomic mass is 10.2. The molecule has 0 fully saturated rings. The van der Waals surface area contributed by atoms with Crippen LogP contribution in [0.25, 0.3) is 0 Å². The van der Waals surface area contributed by atoms with Crippen molar-refractivity contribution in [1.29, 1.82) is 0 Å². The van der Waals surface area contributed by atoms with Crippen molar-refractivity contribution in [3.05, 3.63) is 64.2 Å². The SMILES string of the molecule is CCCC(=O)Nc1ccc(C(=O)NNC(=O)C(C)Oc2ccccc2[N+](=O)[O-])cc1. The van der Waals surface area contributed by atoms with Crippen LogP contribution in [0.1, 0.15) is 37.0 Å². The van der Waals surface area contributed by atoms with Gasteiger partial charge in [-0.15, -0.1) is 0 Å². The van der Waals surface area contributed by atoms with Crippen molar-refractivity contribution < 1.29 is 24.0 Å². The molecule has 2 aromatic carbocycles. The fourth-order valence-electron chi connectivity index (χ4n) is 2.40. The van der Waals surface area contributed by atoms with Crippen LogP contribution in [0.3, 0.4) is 0 Å². The van der Waals surface area contributed by atoms with Crippen LogP contribution < -0.4 is 20.9 Å². The summed E-state index contributed by atoms with van der Waals surface area (Å²) in [6.45, 7) is 3.29. The number of nitrogens with one attached hydrogen (secondary N) is 3. The van der Waals surface area contributed by atoms with Gasteiger partial charge in [-0.05, 0) is 43.7 Å². The number of ether oxygens (including phenoxy) is 1. The fraction of sp³-hybridized carbons (Fsp3) is 0.250. The highest BCUT2D eigenvalue weighted by Crippen LogP contribution is 2.26. The van der Waals surface area contributed by atoms with E-state index in [4.69, 9.17) is 4.74 Å². The van der Waals surface area contributed by atoms with Crippen LogP contribution in [-0.2, 0) is 9.59 Å². The first kappa shape index (κ1) is 22.3. The number of hydrogen-bond donors (Lipinski definition) is 3. The third-order valence-electron chi connectivity index (χ3n) is 3.94. The highest BCUT2D eigenvalue weighted by Gasteiger charge is 2.21. The maximum absolute atomic E-state index is 12.2. The molecule has 10 nitrogen and oxygen atoms in total. The van der Waals surface area contributed by atoms with E-state index in [-0.39, 0.29) is 22.9 Å². The molecule has 0 aliphatic carbocycles. The van der Waals surface area contributed by atoms with Crippen LogP contribution in [0.2, 0.25) is 0 Å². The predicted molar refractivity (Wildman–Crippen MR) is 109 cm³/mol. The van der Waals surface area contributed by atoms with E-state index in [0.717, 1.165) is 6.42 Å². The molecule has 0 bridgehead atoms. The molecule has 0 heterocycles. The first-order valence-electron chi connectivity index (χ1n) is 9.22. The van der Waals surface area contributed by atoms with E-state index in [1.54, 1.807) is 18.2 Å². The predicted octanol–water partition coefficient (Wildman–Crippen LogP) is 2.56. The van der Waals surface area contributed by atoms with Crippen molar-refractivity contribution in [1.82, 2.24) is 10.9 Å². The van der Waals surface area contributed by atoms with Crippen molar-refractivity contribution in [3.8, 4) is 5.75 Å². The van der Waals surface area contributed by atoms with Gasteiger partial charge in [0.25, 0.3) is 11.8 Å². The Labute approximate surface area is 172 Å². The number of carbonyl (C=O) groups excluding carboxylic acids is 3. The van der Waals surface area contributed by atoms with Crippen molar-refractivity contribution in [2.75, 3.05) is 5.32 Å². The largest absolute Gasteiger partial charge is 0.474 e. The maximum atomic E-state index is 12.2. The topological polar surface area (TPSA) is 140 Å². The van der Waals surface area contributed by atoms with E-state index in [1.165, 1.54) is 37.3 Å². The summed E-state index contributed by atoms with van der Waals surface area (Å²) in [4.78, 5) is 46.3. The minimum absolute atomic E-state index is 0.0582. The average Bonchev–Trinajstić information content (AvgIpc) is 2.72. The van der Waals surface area contributed by atoms with Crippen molar-refractivity contribution in [3.63, 3.8) is 0 Å². The number of anilines is 1. The molecule has 2 aromatic rings. The quantitative estimate of drug-likeness (QED) is 0.448. The molecule has 158 valence electrons. The smallest absolute Gasteiger partial charge is 0.310 e. The number of benzene rings is 2. The van der Waals surface area contributed by atoms with Gasteiger partial charge >= 0.3 is 5.69 Å². The minimum atomic E-state index is -1.09.